The van der Waals surface area contributed by atoms with Crippen molar-refractivity contribution in [2.24, 2.45) is 5.92 Å². The van der Waals surface area contributed by atoms with E-state index in [4.69, 9.17) is 21.4 Å². The maximum Gasteiger partial charge on any atom is 0.308 e. The largest absolute Gasteiger partial charge is 0.481 e. The second-order valence-electron chi connectivity index (χ2n) is 4.87. The lowest BCUT2D eigenvalue weighted by molar-refractivity contribution is -0.143. The standard InChI is InChI=1S/C14H17ClN2O4/c1-2-21-12-11(15)6-10(7-16-12)13(18)17-5-3-4-9(8-17)14(19)20/h6-7,9H,2-5,8H2,1H3,(H,19,20). The number of ether oxygens (including phenoxy) is 1. The van der Waals surface area contributed by atoms with Gasteiger partial charge >= 0.3 is 5.97 Å². The van der Waals surface area contributed by atoms with Crippen LogP contribution in [0.4, 0.5) is 0 Å². The number of amides is 1. The van der Waals surface area contributed by atoms with Gasteiger partial charge in [0.15, 0.2) is 0 Å². The monoisotopic (exact) mass is 312 g/mol. The molecule has 0 saturated carbocycles. The fraction of sp³-hybridized carbons (Fsp3) is 0.500. The maximum absolute atomic E-state index is 12.4. The van der Waals surface area contributed by atoms with Gasteiger partial charge in [0, 0.05) is 19.3 Å². The molecule has 114 valence electrons. The molecule has 1 aromatic heterocycles. The van der Waals surface area contributed by atoms with Crippen LogP contribution in [0.1, 0.15) is 30.1 Å². The summed E-state index contributed by atoms with van der Waals surface area (Å²) in [7, 11) is 0. The summed E-state index contributed by atoms with van der Waals surface area (Å²) in [5.41, 5.74) is 0.342. The van der Waals surface area contributed by atoms with Gasteiger partial charge in [-0.15, -0.1) is 0 Å². The van der Waals surface area contributed by atoms with Gasteiger partial charge in [-0.05, 0) is 25.8 Å². The molecule has 0 aromatic carbocycles. The van der Waals surface area contributed by atoms with E-state index in [1.54, 1.807) is 0 Å². The molecule has 1 N–H and O–H groups in total. The first-order chi connectivity index (χ1) is 10.0. The van der Waals surface area contributed by atoms with Crippen molar-refractivity contribution in [3.63, 3.8) is 0 Å². The van der Waals surface area contributed by atoms with E-state index in [0.717, 1.165) is 0 Å². The smallest absolute Gasteiger partial charge is 0.308 e. The van der Waals surface area contributed by atoms with E-state index in [1.165, 1.54) is 17.2 Å². The maximum atomic E-state index is 12.4. The number of hydrogen-bond donors (Lipinski definition) is 1. The molecule has 0 spiro atoms. The second kappa shape index (κ2) is 6.76. The summed E-state index contributed by atoms with van der Waals surface area (Å²) in [6.07, 6.45) is 2.69. The first kappa shape index (κ1) is 15.6. The number of carbonyl (C=O) groups excluding carboxylic acids is 1. The molecule has 1 fully saturated rings. The van der Waals surface area contributed by atoms with Crippen molar-refractivity contribution in [1.82, 2.24) is 9.88 Å². The van der Waals surface area contributed by atoms with E-state index in [0.29, 0.717) is 31.6 Å². The summed E-state index contributed by atoms with van der Waals surface area (Å²) in [6, 6.07) is 1.51. The molecule has 7 heteroatoms. The number of likely N-dealkylation sites (tertiary alicyclic amines) is 1. The molecule has 1 aromatic rings. The third kappa shape index (κ3) is 3.64. The Morgan fingerprint density at radius 1 is 1.57 bits per heavy atom. The van der Waals surface area contributed by atoms with Gasteiger partial charge in [-0.2, -0.15) is 0 Å². The number of pyridine rings is 1. The fourth-order valence-corrected chi connectivity index (χ4v) is 2.55. The Labute approximate surface area is 127 Å². The van der Waals surface area contributed by atoms with Crippen LogP contribution in [0.3, 0.4) is 0 Å². The zero-order chi connectivity index (χ0) is 15.4. The molecule has 0 aliphatic carbocycles. The zero-order valence-corrected chi connectivity index (χ0v) is 12.5. The number of aliphatic carboxylic acids is 1. The van der Waals surface area contributed by atoms with E-state index in [-0.39, 0.29) is 23.4 Å². The van der Waals surface area contributed by atoms with Crippen LogP contribution in [0.15, 0.2) is 12.3 Å². The van der Waals surface area contributed by atoms with Gasteiger partial charge in [-0.3, -0.25) is 9.59 Å². The van der Waals surface area contributed by atoms with Crippen LogP contribution in [0, 0.1) is 5.92 Å². The lowest BCUT2D eigenvalue weighted by Gasteiger charge is -2.30. The molecule has 1 atom stereocenters. The Morgan fingerprint density at radius 3 is 2.95 bits per heavy atom. The highest BCUT2D eigenvalue weighted by molar-refractivity contribution is 6.32. The Kier molecular flexibility index (Phi) is 5.01. The highest BCUT2D eigenvalue weighted by atomic mass is 35.5. The van der Waals surface area contributed by atoms with E-state index in [2.05, 4.69) is 4.98 Å². The molecule has 1 amide bonds. The molecule has 0 bridgehead atoms. The molecule has 0 radical (unpaired) electrons. The van der Waals surface area contributed by atoms with Crippen LogP contribution in [0.2, 0.25) is 5.02 Å². The third-order valence-corrected chi connectivity index (χ3v) is 3.66. The molecular weight excluding hydrogens is 296 g/mol. The van der Waals surface area contributed by atoms with E-state index >= 15 is 0 Å². The van der Waals surface area contributed by atoms with Gasteiger partial charge in [0.2, 0.25) is 5.88 Å². The topological polar surface area (TPSA) is 79.7 Å². The molecule has 6 nitrogen and oxygen atoms in total. The van der Waals surface area contributed by atoms with E-state index < -0.39 is 11.9 Å². The summed E-state index contributed by atoms with van der Waals surface area (Å²) < 4.78 is 5.22. The first-order valence-electron chi connectivity index (χ1n) is 6.83. The average molecular weight is 313 g/mol. The lowest BCUT2D eigenvalue weighted by atomic mass is 9.98. The molecule has 1 saturated heterocycles. The van der Waals surface area contributed by atoms with Crippen molar-refractivity contribution >= 4 is 23.5 Å². The minimum atomic E-state index is -0.865. The lowest BCUT2D eigenvalue weighted by Crippen LogP contribution is -2.42. The summed E-state index contributed by atoms with van der Waals surface area (Å²) in [5, 5.41) is 9.33. The number of halogens is 1. The number of rotatable bonds is 4. The summed E-state index contributed by atoms with van der Waals surface area (Å²) >= 11 is 6.02. The number of nitrogens with zero attached hydrogens (tertiary/aromatic N) is 2. The third-order valence-electron chi connectivity index (χ3n) is 3.39. The quantitative estimate of drug-likeness (QED) is 0.920. The predicted molar refractivity (Wildman–Crippen MR) is 76.7 cm³/mol. The number of carbonyl (C=O) groups is 2. The fourth-order valence-electron chi connectivity index (χ4n) is 2.33. The van der Waals surface area contributed by atoms with Crippen LogP contribution in [-0.4, -0.2) is 46.6 Å². The normalized spacial score (nSPS) is 18.4. The zero-order valence-electron chi connectivity index (χ0n) is 11.7. The number of carboxylic acid groups (broad SMARTS) is 1. The van der Waals surface area contributed by atoms with Crippen molar-refractivity contribution in [2.45, 2.75) is 19.8 Å². The second-order valence-corrected chi connectivity index (χ2v) is 5.28. The van der Waals surface area contributed by atoms with Crippen molar-refractivity contribution in [1.29, 1.82) is 0 Å². The Morgan fingerprint density at radius 2 is 2.33 bits per heavy atom. The molecule has 21 heavy (non-hydrogen) atoms. The van der Waals surface area contributed by atoms with Gasteiger partial charge in [-0.1, -0.05) is 11.6 Å². The van der Waals surface area contributed by atoms with Crippen molar-refractivity contribution < 1.29 is 19.4 Å². The van der Waals surface area contributed by atoms with E-state index in [1.807, 2.05) is 6.92 Å². The molecule has 2 heterocycles. The minimum absolute atomic E-state index is 0.221. The SMILES string of the molecule is CCOc1ncc(C(=O)N2CCCC(C(=O)O)C2)cc1Cl. The Hall–Kier alpha value is -1.82. The van der Waals surface area contributed by atoms with Gasteiger partial charge in [0.1, 0.15) is 5.02 Å². The number of carboxylic acids is 1. The predicted octanol–water partition coefficient (Wildman–Crippen LogP) is 2.07. The van der Waals surface area contributed by atoms with Crippen LogP contribution < -0.4 is 4.74 Å². The Balaban J connectivity index is 2.12. The Bertz CT molecular complexity index is 550. The van der Waals surface area contributed by atoms with Gasteiger partial charge < -0.3 is 14.7 Å². The van der Waals surface area contributed by atoms with Crippen LogP contribution in [0.5, 0.6) is 5.88 Å². The number of aromatic nitrogens is 1. The van der Waals surface area contributed by atoms with Crippen molar-refractivity contribution in [3.8, 4) is 5.88 Å². The van der Waals surface area contributed by atoms with Crippen LogP contribution >= 0.6 is 11.6 Å². The van der Waals surface area contributed by atoms with E-state index in [9.17, 15) is 9.59 Å². The molecule has 1 aliphatic rings. The summed E-state index contributed by atoms with van der Waals surface area (Å²) in [4.78, 5) is 29.0. The van der Waals surface area contributed by atoms with Crippen molar-refractivity contribution in [3.05, 3.63) is 22.8 Å². The molecular formula is C14H17ClN2O4. The molecule has 1 aliphatic heterocycles. The van der Waals surface area contributed by atoms with Crippen LogP contribution in [0.25, 0.3) is 0 Å². The highest BCUT2D eigenvalue weighted by Crippen LogP contribution is 2.24. The minimum Gasteiger partial charge on any atom is -0.481 e. The van der Waals surface area contributed by atoms with Gasteiger partial charge in [-0.25, -0.2) is 4.98 Å². The summed E-state index contributed by atoms with van der Waals surface area (Å²) in [6.45, 7) is 3.02. The summed E-state index contributed by atoms with van der Waals surface area (Å²) in [5.74, 6) is -1.33. The molecule has 1 unspecified atom stereocenters. The van der Waals surface area contributed by atoms with Crippen LogP contribution in [-0.2, 0) is 4.79 Å². The average Bonchev–Trinajstić information content (AvgIpc) is 2.49. The van der Waals surface area contributed by atoms with Gasteiger partial charge in [0.25, 0.3) is 5.91 Å². The highest BCUT2D eigenvalue weighted by Gasteiger charge is 2.29. The number of hydrogen-bond acceptors (Lipinski definition) is 4. The first-order valence-corrected chi connectivity index (χ1v) is 7.21. The van der Waals surface area contributed by atoms with Crippen molar-refractivity contribution in [2.75, 3.05) is 19.7 Å². The molecule has 2 rings (SSSR count). The van der Waals surface area contributed by atoms with Gasteiger partial charge in [0.05, 0.1) is 18.1 Å². The number of piperidine rings is 1.